The van der Waals surface area contributed by atoms with Crippen molar-refractivity contribution in [1.82, 2.24) is 10.6 Å². The van der Waals surface area contributed by atoms with Gasteiger partial charge in [-0.15, -0.1) is 0 Å². The number of carbonyl (C=O) groups is 2. The van der Waals surface area contributed by atoms with E-state index >= 15 is 0 Å². The number of nitrogens with one attached hydrogen (secondary N) is 2. The summed E-state index contributed by atoms with van der Waals surface area (Å²) >= 11 is 0. The Labute approximate surface area is 112 Å². The van der Waals surface area contributed by atoms with E-state index in [0.29, 0.717) is 32.2 Å². The van der Waals surface area contributed by atoms with Crippen LogP contribution in [-0.2, 0) is 9.59 Å². The van der Waals surface area contributed by atoms with Crippen molar-refractivity contribution < 1.29 is 19.8 Å². The highest BCUT2D eigenvalue weighted by Crippen LogP contribution is 2.32. The molecule has 2 rings (SSSR count). The van der Waals surface area contributed by atoms with E-state index < -0.39 is 11.6 Å². The Kier molecular flexibility index (Phi) is 4.42. The third kappa shape index (κ3) is 3.67. The van der Waals surface area contributed by atoms with Crippen LogP contribution < -0.4 is 10.6 Å². The minimum absolute atomic E-state index is 0.00549. The Morgan fingerprint density at radius 2 is 2.05 bits per heavy atom. The molecule has 2 fully saturated rings. The Balaban J connectivity index is 1.79. The van der Waals surface area contributed by atoms with Crippen LogP contribution >= 0.6 is 0 Å². The van der Waals surface area contributed by atoms with Gasteiger partial charge < -0.3 is 20.8 Å². The largest absolute Gasteiger partial charge is 0.481 e. The number of aliphatic carboxylic acids is 1. The molecular weight excluding hydrogens is 248 g/mol. The normalized spacial score (nSPS) is 35.7. The maximum Gasteiger partial charge on any atom is 0.306 e. The first kappa shape index (κ1) is 14.3. The van der Waals surface area contributed by atoms with Crippen LogP contribution in [0, 0.1) is 5.92 Å². The van der Waals surface area contributed by atoms with E-state index in [4.69, 9.17) is 5.11 Å². The van der Waals surface area contributed by atoms with Crippen molar-refractivity contribution in [3.63, 3.8) is 0 Å². The summed E-state index contributed by atoms with van der Waals surface area (Å²) in [5.74, 6) is -1.12. The summed E-state index contributed by atoms with van der Waals surface area (Å²) in [6.45, 7) is 1.08. The Morgan fingerprint density at radius 1 is 1.37 bits per heavy atom. The monoisotopic (exact) mass is 270 g/mol. The van der Waals surface area contributed by atoms with Gasteiger partial charge >= 0.3 is 5.97 Å². The Bertz CT molecular complexity index is 351. The number of carbonyl (C=O) groups excluding carboxylic acids is 1. The second kappa shape index (κ2) is 5.88. The van der Waals surface area contributed by atoms with Crippen LogP contribution in [0.3, 0.4) is 0 Å². The fourth-order valence-electron chi connectivity index (χ4n) is 2.86. The molecule has 1 aliphatic carbocycles. The molecule has 1 heterocycles. The lowest BCUT2D eigenvalue weighted by molar-refractivity contribution is -0.144. The Hall–Kier alpha value is -1.14. The van der Waals surface area contributed by atoms with Gasteiger partial charge in [-0.2, -0.15) is 0 Å². The zero-order valence-electron chi connectivity index (χ0n) is 11.0. The highest BCUT2D eigenvalue weighted by molar-refractivity contribution is 5.82. The van der Waals surface area contributed by atoms with Gasteiger partial charge in [0.15, 0.2) is 0 Å². The molecule has 0 radical (unpaired) electrons. The lowest BCUT2D eigenvalue weighted by Crippen LogP contribution is -2.53. The van der Waals surface area contributed by atoms with Gasteiger partial charge in [0.2, 0.25) is 5.91 Å². The lowest BCUT2D eigenvalue weighted by Gasteiger charge is -2.36. The number of aliphatic hydroxyl groups is 1. The summed E-state index contributed by atoms with van der Waals surface area (Å²) in [6, 6.07) is -0.227. The first-order valence-electron chi connectivity index (χ1n) is 6.96. The molecule has 1 saturated carbocycles. The number of amides is 1. The lowest BCUT2D eigenvalue weighted by atomic mass is 9.78. The molecule has 1 atom stereocenters. The smallest absolute Gasteiger partial charge is 0.306 e. The number of carboxylic acid groups (broad SMARTS) is 1. The van der Waals surface area contributed by atoms with Gasteiger partial charge in [0.1, 0.15) is 0 Å². The number of rotatable bonds is 4. The molecule has 4 N–H and O–H groups in total. The third-order valence-electron chi connectivity index (χ3n) is 4.23. The molecule has 1 unspecified atom stereocenters. The van der Waals surface area contributed by atoms with E-state index in [2.05, 4.69) is 10.6 Å². The molecule has 0 aromatic carbocycles. The quantitative estimate of drug-likeness (QED) is 0.570. The van der Waals surface area contributed by atoms with Gasteiger partial charge in [0.05, 0.1) is 17.6 Å². The van der Waals surface area contributed by atoms with Crippen LogP contribution in [0.5, 0.6) is 0 Å². The SMILES string of the molecule is O=C(O)C1CCC(O)(CNC2CCCNC2=O)CC1. The van der Waals surface area contributed by atoms with Crippen molar-refractivity contribution >= 4 is 11.9 Å². The van der Waals surface area contributed by atoms with Crippen molar-refractivity contribution in [2.24, 2.45) is 5.92 Å². The predicted octanol–water partition coefficient (Wildman–Crippen LogP) is -0.139. The van der Waals surface area contributed by atoms with E-state index in [0.717, 1.165) is 19.4 Å². The van der Waals surface area contributed by atoms with Gasteiger partial charge in [-0.25, -0.2) is 0 Å². The number of piperidine rings is 1. The average molecular weight is 270 g/mol. The molecule has 0 spiro atoms. The number of carboxylic acids is 1. The summed E-state index contributed by atoms with van der Waals surface area (Å²) in [5.41, 5.74) is -0.871. The molecule has 0 aromatic rings. The summed E-state index contributed by atoms with van der Waals surface area (Å²) < 4.78 is 0. The van der Waals surface area contributed by atoms with E-state index in [1.165, 1.54) is 0 Å². The average Bonchev–Trinajstić information content (AvgIpc) is 2.38. The molecule has 0 bridgehead atoms. The number of hydrogen-bond donors (Lipinski definition) is 4. The molecular formula is C13H22N2O4. The van der Waals surface area contributed by atoms with Gasteiger partial charge in [0, 0.05) is 13.1 Å². The molecule has 1 aliphatic heterocycles. The fourth-order valence-corrected chi connectivity index (χ4v) is 2.86. The first-order chi connectivity index (χ1) is 9.00. The van der Waals surface area contributed by atoms with Crippen molar-refractivity contribution in [2.75, 3.05) is 13.1 Å². The molecule has 1 saturated heterocycles. The van der Waals surface area contributed by atoms with Crippen LogP contribution in [0.15, 0.2) is 0 Å². The minimum Gasteiger partial charge on any atom is -0.481 e. The van der Waals surface area contributed by atoms with Crippen molar-refractivity contribution in [3.05, 3.63) is 0 Å². The summed E-state index contributed by atoms with van der Waals surface area (Å²) in [7, 11) is 0. The van der Waals surface area contributed by atoms with Crippen LogP contribution in [0.25, 0.3) is 0 Å². The molecule has 6 nitrogen and oxygen atoms in total. The van der Waals surface area contributed by atoms with E-state index in [1.807, 2.05) is 0 Å². The molecule has 108 valence electrons. The van der Waals surface area contributed by atoms with Crippen molar-refractivity contribution in [2.45, 2.75) is 50.2 Å². The van der Waals surface area contributed by atoms with Crippen molar-refractivity contribution in [1.29, 1.82) is 0 Å². The van der Waals surface area contributed by atoms with Crippen LogP contribution in [0.4, 0.5) is 0 Å². The molecule has 19 heavy (non-hydrogen) atoms. The maximum atomic E-state index is 11.6. The second-order valence-electron chi connectivity index (χ2n) is 5.70. The van der Waals surface area contributed by atoms with Gasteiger partial charge in [-0.05, 0) is 38.5 Å². The first-order valence-corrected chi connectivity index (χ1v) is 6.96. The topological polar surface area (TPSA) is 98.7 Å². The van der Waals surface area contributed by atoms with Crippen LogP contribution in [0.1, 0.15) is 38.5 Å². The Morgan fingerprint density at radius 3 is 2.63 bits per heavy atom. The standard InChI is InChI=1S/C13H22N2O4/c16-11-10(2-1-7-14-11)15-8-13(19)5-3-9(4-6-13)12(17)18/h9-10,15,19H,1-8H2,(H,14,16)(H,17,18). The van der Waals surface area contributed by atoms with E-state index in [9.17, 15) is 14.7 Å². The fraction of sp³-hybridized carbons (Fsp3) is 0.846. The second-order valence-corrected chi connectivity index (χ2v) is 5.70. The van der Waals surface area contributed by atoms with Crippen molar-refractivity contribution in [3.8, 4) is 0 Å². The third-order valence-corrected chi connectivity index (χ3v) is 4.23. The molecule has 2 aliphatic rings. The van der Waals surface area contributed by atoms with E-state index in [-0.39, 0.29) is 17.9 Å². The van der Waals surface area contributed by atoms with Crippen LogP contribution in [0.2, 0.25) is 0 Å². The summed E-state index contributed by atoms with van der Waals surface area (Å²) in [4.78, 5) is 22.4. The molecule has 0 aromatic heterocycles. The van der Waals surface area contributed by atoms with Crippen LogP contribution in [-0.4, -0.2) is 46.8 Å². The maximum absolute atomic E-state index is 11.6. The van der Waals surface area contributed by atoms with Gasteiger partial charge in [-0.3, -0.25) is 9.59 Å². The summed E-state index contributed by atoms with van der Waals surface area (Å²) in [6.07, 6.45) is 3.70. The number of hydrogen-bond acceptors (Lipinski definition) is 4. The molecule has 6 heteroatoms. The minimum atomic E-state index is -0.871. The van der Waals surface area contributed by atoms with Gasteiger partial charge in [-0.1, -0.05) is 0 Å². The van der Waals surface area contributed by atoms with E-state index in [1.54, 1.807) is 0 Å². The van der Waals surface area contributed by atoms with Gasteiger partial charge in [0.25, 0.3) is 0 Å². The predicted molar refractivity (Wildman–Crippen MR) is 68.6 cm³/mol. The molecule has 1 amide bonds. The summed E-state index contributed by atoms with van der Waals surface area (Å²) in [5, 5.41) is 25.2. The highest BCUT2D eigenvalue weighted by atomic mass is 16.4. The highest BCUT2D eigenvalue weighted by Gasteiger charge is 2.36. The zero-order valence-corrected chi connectivity index (χ0v) is 11.0. The zero-order chi connectivity index (χ0) is 13.9.